The Hall–Kier alpha value is -4.19. The van der Waals surface area contributed by atoms with Gasteiger partial charge >= 0.3 is 5.97 Å². The van der Waals surface area contributed by atoms with Crippen LogP contribution in [-0.2, 0) is 46.7 Å². The Balaban J connectivity index is 1.38. The number of aliphatic imine (C=N–C) groups is 1. The van der Waals surface area contributed by atoms with Gasteiger partial charge in [-0.25, -0.2) is 4.98 Å². The van der Waals surface area contributed by atoms with Crippen LogP contribution in [-0.4, -0.2) is 55.7 Å². The number of hydrogen-bond acceptors (Lipinski definition) is 10. The van der Waals surface area contributed by atoms with Crippen LogP contribution in [0, 0.1) is 5.41 Å². The number of aromatic nitrogens is 4. The Morgan fingerprint density at radius 3 is 2.76 bits per heavy atom. The van der Waals surface area contributed by atoms with Crippen molar-refractivity contribution in [3.8, 4) is 0 Å². The van der Waals surface area contributed by atoms with E-state index in [9.17, 15) is 14.4 Å². The molecule has 3 aromatic heterocycles. The van der Waals surface area contributed by atoms with Crippen LogP contribution in [0.25, 0.3) is 0 Å². The third-order valence-electron chi connectivity index (χ3n) is 7.88. The lowest BCUT2D eigenvalue weighted by molar-refractivity contribution is -0.142. The molecule has 0 fully saturated rings. The molecule has 3 aliphatic rings. The molecule has 3 aromatic rings. The van der Waals surface area contributed by atoms with Crippen molar-refractivity contribution in [1.29, 1.82) is 0 Å². The van der Waals surface area contributed by atoms with Crippen LogP contribution in [0.15, 0.2) is 35.1 Å². The van der Waals surface area contributed by atoms with Crippen LogP contribution >= 0.6 is 11.3 Å². The van der Waals surface area contributed by atoms with E-state index in [2.05, 4.69) is 43.9 Å². The molecule has 0 spiro atoms. The minimum atomic E-state index is -0.657. The van der Waals surface area contributed by atoms with Crippen molar-refractivity contribution in [2.75, 3.05) is 16.8 Å². The number of hydrogen-bond donors (Lipinski definition) is 1. The van der Waals surface area contributed by atoms with Gasteiger partial charge in [0, 0.05) is 43.0 Å². The molecule has 2 aliphatic heterocycles. The first-order valence-electron chi connectivity index (χ1n) is 14.1. The molecule has 1 atom stereocenters. The van der Waals surface area contributed by atoms with Crippen molar-refractivity contribution >= 4 is 45.7 Å². The summed E-state index contributed by atoms with van der Waals surface area (Å²) < 4.78 is 7.60. The molecule has 0 radical (unpaired) electrons. The number of dihydropyridines is 1. The summed E-state index contributed by atoms with van der Waals surface area (Å²) in [4.78, 5) is 49.8. The second kappa shape index (κ2) is 10.6. The maximum atomic E-state index is 13.9. The summed E-state index contributed by atoms with van der Waals surface area (Å²) in [5.41, 5.74) is 5.35. The number of ketones is 1. The van der Waals surface area contributed by atoms with Crippen molar-refractivity contribution in [3.63, 3.8) is 0 Å². The summed E-state index contributed by atoms with van der Waals surface area (Å²) in [6, 6.07) is 3.13. The van der Waals surface area contributed by atoms with Crippen LogP contribution in [0.3, 0.4) is 0 Å². The normalized spacial score (nSPS) is 19.3. The van der Waals surface area contributed by atoms with Crippen LogP contribution in [0.4, 0.5) is 10.9 Å². The molecular formula is C30H33N7O4S. The van der Waals surface area contributed by atoms with E-state index in [4.69, 9.17) is 4.74 Å². The maximum absolute atomic E-state index is 13.9. The number of nitrogens with one attached hydrogen (secondary N) is 1. The molecule has 0 saturated heterocycles. The van der Waals surface area contributed by atoms with E-state index in [1.54, 1.807) is 30.2 Å². The SMILES string of the molecule is CCc1nnc(NC2=CC(c3ccnc(N4CCn5c(cc6c5CC(C)(C)C6)C4=O)c3COC(C)=O)=NC(C)C2=O)s1. The average molecular weight is 588 g/mol. The first-order chi connectivity index (χ1) is 20.0. The number of rotatable bonds is 7. The fourth-order valence-corrected chi connectivity index (χ4v) is 6.62. The van der Waals surface area contributed by atoms with Crippen molar-refractivity contribution in [2.45, 2.75) is 73.1 Å². The summed E-state index contributed by atoms with van der Waals surface area (Å²) in [6.45, 7) is 10.5. The number of amides is 1. The number of anilines is 2. The highest BCUT2D eigenvalue weighted by molar-refractivity contribution is 7.15. The lowest BCUT2D eigenvalue weighted by Gasteiger charge is -2.31. The first kappa shape index (κ1) is 28.0. The molecule has 5 heterocycles. The Kier molecular flexibility index (Phi) is 7.04. The van der Waals surface area contributed by atoms with Gasteiger partial charge < -0.3 is 14.6 Å². The van der Waals surface area contributed by atoms with Crippen molar-refractivity contribution in [2.24, 2.45) is 10.4 Å². The van der Waals surface area contributed by atoms with E-state index in [0.717, 1.165) is 24.3 Å². The standard InChI is InChI=1S/C30H33N7O4S/c1-6-25-34-35-29(42-25)33-22-12-21(32-16(2)26(22)39)19-7-8-31-27(20(19)15-41-17(3)38)37-10-9-36-23(28(37)40)11-18-13-30(4,5)14-24(18)36/h7-8,11-12,16H,6,9-10,13-15H2,1-5H3,(H,33,35). The van der Waals surface area contributed by atoms with E-state index in [1.807, 2.05) is 13.0 Å². The van der Waals surface area contributed by atoms with Gasteiger partial charge in [0.2, 0.25) is 10.9 Å². The number of fused-ring (bicyclic) bond motifs is 3. The van der Waals surface area contributed by atoms with E-state index in [-0.39, 0.29) is 23.7 Å². The van der Waals surface area contributed by atoms with Crippen molar-refractivity contribution < 1.29 is 19.1 Å². The third kappa shape index (κ3) is 5.04. The minimum Gasteiger partial charge on any atom is -0.461 e. The number of allylic oxidation sites excluding steroid dienone is 1. The second-order valence-electron chi connectivity index (χ2n) is 11.7. The Morgan fingerprint density at radius 1 is 1.21 bits per heavy atom. The highest BCUT2D eigenvalue weighted by Crippen LogP contribution is 2.40. The molecule has 42 heavy (non-hydrogen) atoms. The number of pyridine rings is 1. The predicted molar refractivity (Wildman–Crippen MR) is 159 cm³/mol. The van der Waals surface area contributed by atoms with Gasteiger partial charge in [-0.15, -0.1) is 10.2 Å². The molecule has 1 aliphatic carbocycles. The number of Topliss-reactive ketones (excluding diaryl/α,β-unsaturated/α-hetero) is 1. The zero-order chi connectivity index (χ0) is 29.8. The molecule has 12 heteroatoms. The quantitative estimate of drug-likeness (QED) is 0.412. The van der Waals surface area contributed by atoms with Crippen molar-refractivity contribution in [1.82, 2.24) is 19.7 Å². The summed E-state index contributed by atoms with van der Waals surface area (Å²) in [5, 5.41) is 12.8. The Labute approximate surface area is 247 Å². The summed E-state index contributed by atoms with van der Waals surface area (Å²) >= 11 is 1.39. The van der Waals surface area contributed by atoms with Gasteiger partial charge in [0.05, 0.1) is 11.4 Å². The fraction of sp³-hybridized carbons (Fsp3) is 0.433. The second-order valence-corrected chi connectivity index (χ2v) is 12.7. The number of esters is 1. The van der Waals surface area contributed by atoms with Crippen LogP contribution in [0.1, 0.15) is 72.5 Å². The summed E-state index contributed by atoms with van der Waals surface area (Å²) in [6.07, 6.45) is 5.92. The van der Waals surface area contributed by atoms with Gasteiger partial charge in [0.1, 0.15) is 29.2 Å². The predicted octanol–water partition coefficient (Wildman–Crippen LogP) is 3.90. The largest absolute Gasteiger partial charge is 0.461 e. The lowest BCUT2D eigenvalue weighted by atomic mass is 9.90. The zero-order valence-corrected chi connectivity index (χ0v) is 25.2. The van der Waals surface area contributed by atoms with Gasteiger partial charge in [0.25, 0.3) is 5.91 Å². The molecule has 218 valence electrons. The number of aryl methyl sites for hydroxylation is 1. The van der Waals surface area contributed by atoms with Gasteiger partial charge in [-0.1, -0.05) is 32.1 Å². The molecule has 0 saturated carbocycles. The lowest BCUT2D eigenvalue weighted by Crippen LogP contribution is -2.42. The van der Waals surface area contributed by atoms with E-state index in [0.29, 0.717) is 52.3 Å². The molecular weight excluding hydrogens is 554 g/mol. The molecule has 1 N–H and O–H groups in total. The Bertz CT molecular complexity index is 1680. The number of carbonyl (C=O) groups excluding carboxylic acids is 3. The smallest absolute Gasteiger partial charge is 0.302 e. The van der Waals surface area contributed by atoms with E-state index < -0.39 is 12.0 Å². The van der Waals surface area contributed by atoms with Crippen LogP contribution in [0.2, 0.25) is 0 Å². The number of carbonyl (C=O) groups is 3. The highest BCUT2D eigenvalue weighted by Gasteiger charge is 2.38. The molecule has 1 amide bonds. The molecule has 1 unspecified atom stereocenters. The Morgan fingerprint density at radius 2 is 2.02 bits per heavy atom. The highest BCUT2D eigenvalue weighted by atomic mass is 32.1. The molecule has 11 nitrogen and oxygen atoms in total. The van der Waals surface area contributed by atoms with Gasteiger partial charge in [-0.2, -0.15) is 0 Å². The minimum absolute atomic E-state index is 0.0997. The topological polar surface area (TPSA) is 132 Å². The van der Waals surface area contributed by atoms with Gasteiger partial charge in [-0.05, 0) is 55.4 Å². The fourth-order valence-electron chi connectivity index (χ4n) is 5.93. The monoisotopic (exact) mass is 587 g/mol. The van der Waals surface area contributed by atoms with Crippen LogP contribution in [0.5, 0.6) is 0 Å². The zero-order valence-electron chi connectivity index (χ0n) is 24.4. The molecule has 0 aromatic carbocycles. The van der Waals surface area contributed by atoms with Gasteiger partial charge in [0.15, 0.2) is 0 Å². The third-order valence-corrected chi connectivity index (χ3v) is 8.86. The van der Waals surface area contributed by atoms with E-state index >= 15 is 0 Å². The average Bonchev–Trinajstić information content (AvgIpc) is 3.62. The summed E-state index contributed by atoms with van der Waals surface area (Å²) in [7, 11) is 0. The summed E-state index contributed by atoms with van der Waals surface area (Å²) in [5.74, 6) is -0.356. The first-order valence-corrected chi connectivity index (χ1v) is 14.9. The van der Waals surface area contributed by atoms with Gasteiger partial charge in [-0.3, -0.25) is 24.3 Å². The molecule has 0 bridgehead atoms. The van der Waals surface area contributed by atoms with E-state index in [1.165, 1.54) is 29.5 Å². The maximum Gasteiger partial charge on any atom is 0.302 e. The van der Waals surface area contributed by atoms with Crippen LogP contribution < -0.4 is 10.2 Å². The number of nitrogens with zero attached hydrogens (tertiary/aromatic N) is 6. The van der Waals surface area contributed by atoms with Crippen molar-refractivity contribution in [3.05, 3.63) is 63.2 Å². The molecule has 6 rings (SSSR count). The number of ether oxygens (including phenoxy) is 1.